The Hall–Kier alpha value is -1.26. The molecule has 0 aliphatic carbocycles. The van der Waals surface area contributed by atoms with Crippen molar-refractivity contribution in [1.29, 1.82) is 0 Å². The minimum absolute atomic E-state index is 0.210. The summed E-state index contributed by atoms with van der Waals surface area (Å²) in [6.45, 7) is 1.13. The minimum Gasteiger partial charge on any atom is -0.462 e. The molecular weight excluding hydrogens is 254 g/mol. The van der Waals surface area contributed by atoms with Gasteiger partial charge in [0.2, 0.25) is 0 Å². The Labute approximate surface area is 111 Å². The number of carbonyl (C=O) groups is 1. The summed E-state index contributed by atoms with van der Waals surface area (Å²) in [6.07, 6.45) is 3.04. The van der Waals surface area contributed by atoms with E-state index in [1.54, 1.807) is 18.2 Å². The van der Waals surface area contributed by atoms with Crippen molar-refractivity contribution in [2.45, 2.75) is 25.4 Å². The normalized spacial score (nSPS) is 18.8. The molecule has 1 atom stereocenters. The van der Waals surface area contributed by atoms with Crippen LogP contribution in [0.5, 0.6) is 0 Å². The number of nitrogen functional groups attached to an aromatic ring is 1. The van der Waals surface area contributed by atoms with Gasteiger partial charge in [0, 0.05) is 18.7 Å². The van der Waals surface area contributed by atoms with Gasteiger partial charge in [-0.05, 0) is 25.0 Å². The zero-order valence-corrected chi connectivity index (χ0v) is 10.8. The summed E-state index contributed by atoms with van der Waals surface area (Å²) < 4.78 is 10.6. The highest BCUT2D eigenvalue weighted by atomic mass is 35.5. The first kappa shape index (κ1) is 13.2. The van der Waals surface area contributed by atoms with Crippen molar-refractivity contribution in [2.24, 2.45) is 0 Å². The fraction of sp³-hybridized carbons (Fsp3) is 0.462. The quantitative estimate of drug-likeness (QED) is 0.674. The van der Waals surface area contributed by atoms with Gasteiger partial charge in [0.25, 0.3) is 0 Å². The Kier molecular flexibility index (Phi) is 4.44. The number of rotatable bonds is 4. The molecular formula is C13H16ClNO3. The average molecular weight is 270 g/mol. The predicted octanol–water partition coefficient (Wildman–Crippen LogP) is 2.65. The topological polar surface area (TPSA) is 61.6 Å². The lowest BCUT2D eigenvalue weighted by Crippen LogP contribution is -2.14. The van der Waals surface area contributed by atoms with Crippen LogP contribution < -0.4 is 5.73 Å². The predicted molar refractivity (Wildman–Crippen MR) is 69.7 cm³/mol. The molecule has 0 spiro atoms. The molecule has 5 heteroatoms. The van der Waals surface area contributed by atoms with Crippen molar-refractivity contribution in [2.75, 3.05) is 18.9 Å². The van der Waals surface area contributed by atoms with Crippen LogP contribution in [0.25, 0.3) is 0 Å². The van der Waals surface area contributed by atoms with E-state index < -0.39 is 5.97 Å². The zero-order chi connectivity index (χ0) is 13.0. The Balaban J connectivity index is 1.87. The molecule has 1 saturated heterocycles. The monoisotopic (exact) mass is 269 g/mol. The number of carbonyl (C=O) groups excluding carboxylic acids is 1. The largest absolute Gasteiger partial charge is 0.462 e. The first-order valence-electron chi connectivity index (χ1n) is 6.01. The van der Waals surface area contributed by atoms with Gasteiger partial charge in [-0.15, -0.1) is 0 Å². The van der Waals surface area contributed by atoms with E-state index in [0.717, 1.165) is 25.9 Å². The second kappa shape index (κ2) is 6.07. The van der Waals surface area contributed by atoms with Gasteiger partial charge in [-0.1, -0.05) is 17.7 Å². The number of halogens is 1. The van der Waals surface area contributed by atoms with E-state index in [1.807, 2.05) is 0 Å². The summed E-state index contributed by atoms with van der Waals surface area (Å²) >= 11 is 5.92. The molecule has 98 valence electrons. The van der Waals surface area contributed by atoms with Crippen LogP contribution in [0.2, 0.25) is 5.02 Å². The van der Waals surface area contributed by atoms with Gasteiger partial charge in [0.05, 0.1) is 17.7 Å². The van der Waals surface area contributed by atoms with E-state index in [9.17, 15) is 4.79 Å². The summed E-state index contributed by atoms with van der Waals surface area (Å²) in [7, 11) is 0. The molecule has 2 N–H and O–H groups in total. The lowest BCUT2D eigenvalue weighted by atomic mass is 10.2. The Morgan fingerprint density at radius 1 is 1.56 bits per heavy atom. The number of hydrogen-bond acceptors (Lipinski definition) is 4. The molecule has 1 heterocycles. The lowest BCUT2D eigenvalue weighted by molar-refractivity contribution is 0.0387. The number of nitrogens with two attached hydrogens (primary N) is 1. The maximum atomic E-state index is 11.8. The fourth-order valence-electron chi connectivity index (χ4n) is 1.98. The van der Waals surface area contributed by atoms with E-state index in [0.29, 0.717) is 17.3 Å². The maximum Gasteiger partial charge on any atom is 0.341 e. The average Bonchev–Trinajstić information content (AvgIpc) is 2.82. The molecule has 0 amide bonds. The van der Waals surface area contributed by atoms with Crippen molar-refractivity contribution in [3.05, 3.63) is 28.8 Å². The van der Waals surface area contributed by atoms with Crippen molar-refractivity contribution in [3.8, 4) is 0 Å². The third-order valence-corrected chi connectivity index (χ3v) is 3.26. The Bertz CT molecular complexity index is 410. The van der Waals surface area contributed by atoms with Crippen LogP contribution >= 0.6 is 11.6 Å². The smallest absolute Gasteiger partial charge is 0.341 e. The van der Waals surface area contributed by atoms with Crippen molar-refractivity contribution >= 4 is 23.3 Å². The molecule has 1 aliphatic heterocycles. The molecule has 4 nitrogen and oxygen atoms in total. The number of benzene rings is 1. The molecule has 1 aromatic carbocycles. The van der Waals surface area contributed by atoms with Gasteiger partial charge in [0.1, 0.15) is 5.56 Å². The lowest BCUT2D eigenvalue weighted by Gasteiger charge is -2.11. The molecule has 1 unspecified atom stereocenters. The van der Waals surface area contributed by atoms with E-state index in [1.165, 1.54) is 0 Å². The zero-order valence-electron chi connectivity index (χ0n) is 10.0. The van der Waals surface area contributed by atoms with E-state index in [-0.39, 0.29) is 11.7 Å². The summed E-state index contributed by atoms with van der Waals surface area (Å²) in [5.74, 6) is -0.476. The van der Waals surface area contributed by atoms with Crippen LogP contribution in [0, 0.1) is 0 Å². The van der Waals surface area contributed by atoms with Gasteiger partial charge in [0.15, 0.2) is 0 Å². The van der Waals surface area contributed by atoms with Crippen LogP contribution in [0.3, 0.4) is 0 Å². The summed E-state index contributed by atoms with van der Waals surface area (Å²) in [5, 5.41) is 0.317. The van der Waals surface area contributed by atoms with Crippen LogP contribution in [0.4, 0.5) is 5.69 Å². The molecule has 1 aliphatic rings. The van der Waals surface area contributed by atoms with Gasteiger partial charge in [-0.2, -0.15) is 0 Å². The highest BCUT2D eigenvalue weighted by Gasteiger charge is 2.18. The highest BCUT2D eigenvalue weighted by molar-refractivity contribution is 6.34. The first-order chi connectivity index (χ1) is 8.68. The Morgan fingerprint density at radius 3 is 3.06 bits per heavy atom. The second-order valence-electron chi connectivity index (χ2n) is 4.26. The first-order valence-corrected chi connectivity index (χ1v) is 6.39. The van der Waals surface area contributed by atoms with Crippen molar-refractivity contribution < 1.29 is 14.3 Å². The Morgan fingerprint density at radius 2 is 2.39 bits per heavy atom. The summed E-state index contributed by atoms with van der Waals surface area (Å²) in [5.41, 5.74) is 6.29. The number of ether oxygens (including phenoxy) is 2. The fourth-order valence-corrected chi connectivity index (χ4v) is 2.24. The minimum atomic E-state index is -0.476. The van der Waals surface area contributed by atoms with Crippen LogP contribution in [0.15, 0.2) is 18.2 Å². The standard InChI is InChI=1S/C13H16ClNO3/c14-10-4-1-5-11(15)12(10)13(16)18-8-6-9-3-2-7-17-9/h1,4-5,9H,2-3,6-8,15H2. The van der Waals surface area contributed by atoms with Crippen molar-refractivity contribution in [1.82, 2.24) is 0 Å². The van der Waals surface area contributed by atoms with E-state index in [4.69, 9.17) is 26.8 Å². The third-order valence-electron chi connectivity index (χ3n) is 2.95. The van der Waals surface area contributed by atoms with Crippen LogP contribution in [0.1, 0.15) is 29.6 Å². The molecule has 0 saturated carbocycles. The van der Waals surface area contributed by atoms with E-state index in [2.05, 4.69) is 0 Å². The molecule has 0 bridgehead atoms. The summed E-state index contributed by atoms with van der Waals surface area (Å²) in [6, 6.07) is 4.94. The second-order valence-corrected chi connectivity index (χ2v) is 4.67. The molecule has 1 fully saturated rings. The molecule has 0 radical (unpaired) electrons. The molecule has 2 rings (SSSR count). The third kappa shape index (κ3) is 3.15. The van der Waals surface area contributed by atoms with Gasteiger partial charge < -0.3 is 15.2 Å². The van der Waals surface area contributed by atoms with Crippen molar-refractivity contribution in [3.63, 3.8) is 0 Å². The SMILES string of the molecule is Nc1cccc(Cl)c1C(=O)OCCC1CCCO1. The molecule has 18 heavy (non-hydrogen) atoms. The van der Waals surface area contributed by atoms with E-state index >= 15 is 0 Å². The maximum absolute atomic E-state index is 11.8. The number of hydrogen-bond donors (Lipinski definition) is 1. The molecule has 1 aromatic rings. The summed E-state index contributed by atoms with van der Waals surface area (Å²) in [4.78, 5) is 11.8. The molecule has 0 aromatic heterocycles. The number of esters is 1. The van der Waals surface area contributed by atoms with Crippen LogP contribution in [-0.4, -0.2) is 25.3 Å². The highest BCUT2D eigenvalue weighted by Crippen LogP contribution is 2.23. The van der Waals surface area contributed by atoms with Gasteiger partial charge >= 0.3 is 5.97 Å². The van der Waals surface area contributed by atoms with Gasteiger partial charge in [-0.25, -0.2) is 4.79 Å². The van der Waals surface area contributed by atoms with Gasteiger partial charge in [-0.3, -0.25) is 0 Å². The number of anilines is 1. The van der Waals surface area contributed by atoms with Crippen LogP contribution in [-0.2, 0) is 9.47 Å².